The highest BCUT2D eigenvalue weighted by Gasteiger charge is 2.12. The van der Waals surface area contributed by atoms with Crippen LogP contribution in [0, 0.1) is 0 Å². The molecular weight excluding hydrogens is 309 g/mol. The van der Waals surface area contributed by atoms with E-state index in [1.807, 2.05) is 6.07 Å². The molecule has 2 N–H and O–H groups in total. The van der Waals surface area contributed by atoms with Crippen LogP contribution in [0.1, 0.15) is 0 Å². The fraction of sp³-hybridized carbons (Fsp3) is 0. The number of benzene rings is 1. The molecule has 0 atom stereocenters. The molecule has 0 amide bonds. The minimum absolute atomic E-state index is 0.385. The van der Waals surface area contributed by atoms with Crippen LogP contribution in [0.15, 0.2) is 32.1 Å². The highest BCUT2D eigenvalue weighted by Crippen LogP contribution is 2.32. The first-order chi connectivity index (χ1) is 8.15. The molecule has 0 bridgehead atoms. The Kier molecular flexibility index (Phi) is 2.34. The van der Waals surface area contributed by atoms with Gasteiger partial charge >= 0.3 is 5.76 Å². The van der Waals surface area contributed by atoms with E-state index in [0.29, 0.717) is 10.8 Å². The molecule has 0 saturated heterocycles. The summed E-state index contributed by atoms with van der Waals surface area (Å²) in [4.78, 5) is 16.5. The molecule has 0 radical (unpaired) electrons. The number of nitrogens with one attached hydrogen (secondary N) is 2. The number of aromatic nitrogens is 3. The van der Waals surface area contributed by atoms with Crippen LogP contribution in [0.3, 0.4) is 0 Å². The van der Waals surface area contributed by atoms with Gasteiger partial charge in [0.15, 0.2) is 5.82 Å². The van der Waals surface area contributed by atoms with Gasteiger partial charge in [-0.3, -0.25) is 9.51 Å². The van der Waals surface area contributed by atoms with Gasteiger partial charge in [-0.2, -0.15) is 0 Å². The van der Waals surface area contributed by atoms with Gasteiger partial charge < -0.3 is 4.98 Å². The quantitative estimate of drug-likeness (QED) is 0.725. The van der Waals surface area contributed by atoms with Crippen molar-refractivity contribution in [1.29, 1.82) is 0 Å². The standard InChI is InChI=1S/C10H5BrClN3O2/c11-6-1-4-5(9-14-10(16)17-15-9)3-13-8(4)2-7(6)12/h1-3,13H,(H,14,15,16). The minimum Gasteiger partial charge on any atom is -0.360 e. The summed E-state index contributed by atoms with van der Waals surface area (Å²) in [7, 11) is 0. The predicted molar refractivity (Wildman–Crippen MR) is 67.1 cm³/mol. The molecule has 0 aliphatic carbocycles. The van der Waals surface area contributed by atoms with Crippen molar-refractivity contribution in [1.82, 2.24) is 15.1 Å². The largest absolute Gasteiger partial charge is 0.439 e. The number of hydrogen-bond donors (Lipinski definition) is 2. The molecule has 0 aliphatic rings. The monoisotopic (exact) mass is 313 g/mol. The van der Waals surface area contributed by atoms with E-state index >= 15 is 0 Å². The maximum Gasteiger partial charge on any atom is 0.439 e. The van der Waals surface area contributed by atoms with E-state index in [1.165, 1.54) is 0 Å². The van der Waals surface area contributed by atoms with E-state index < -0.39 is 5.76 Å². The summed E-state index contributed by atoms with van der Waals surface area (Å²) in [5, 5.41) is 5.15. The maximum atomic E-state index is 10.9. The van der Waals surface area contributed by atoms with Gasteiger partial charge in [-0.15, -0.1) is 0 Å². The summed E-state index contributed by atoms with van der Waals surface area (Å²) in [5.74, 6) is -0.196. The minimum atomic E-state index is -0.581. The lowest BCUT2D eigenvalue weighted by Gasteiger charge is -1.97. The Bertz CT molecular complexity index is 758. The van der Waals surface area contributed by atoms with Crippen molar-refractivity contribution in [2.45, 2.75) is 0 Å². The first kappa shape index (κ1) is 10.6. The fourth-order valence-electron chi connectivity index (χ4n) is 1.66. The maximum absolute atomic E-state index is 10.9. The normalized spacial score (nSPS) is 11.2. The number of H-pyrrole nitrogens is 2. The topological polar surface area (TPSA) is 74.7 Å². The molecule has 2 heterocycles. The zero-order chi connectivity index (χ0) is 12.0. The number of nitrogens with zero attached hydrogens (tertiary/aromatic N) is 1. The average Bonchev–Trinajstić information content (AvgIpc) is 2.86. The van der Waals surface area contributed by atoms with Gasteiger partial charge in [0.1, 0.15) is 0 Å². The zero-order valence-corrected chi connectivity index (χ0v) is 10.6. The summed E-state index contributed by atoms with van der Waals surface area (Å²) in [6.45, 7) is 0. The van der Waals surface area contributed by atoms with Crippen LogP contribution >= 0.6 is 27.5 Å². The molecule has 2 aromatic heterocycles. The molecule has 17 heavy (non-hydrogen) atoms. The van der Waals surface area contributed by atoms with Crippen molar-refractivity contribution >= 4 is 38.4 Å². The third-order valence-corrected chi connectivity index (χ3v) is 3.62. The van der Waals surface area contributed by atoms with Crippen molar-refractivity contribution in [3.63, 3.8) is 0 Å². The molecular formula is C10H5BrClN3O2. The summed E-state index contributed by atoms with van der Waals surface area (Å²) in [6, 6.07) is 3.65. The third kappa shape index (κ3) is 1.69. The van der Waals surface area contributed by atoms with Gasteiger partial charge in [-0.05, 0) is 28.1 Å². The number of aromatic amines is 2. The number of hydrogen-bond acceptors (Lipinski definition) is 3. The van der Waals surface area contributed by atoms with Crippen LogP contribution in [0.5, 0.6) is 0 Å². The van der Waals surface area contributed by atoms with Crippen LogP contribution < -0.4 is 5.76 Å². The van der Waals surface area contributed by atoms with E-state index in [4.69, 9.17) is 11.6 Å². The molecule has 5 nitrogen and oxygen atoms in total. The van der Waals surface area contributed by atoms with Gasteiger partial charge in [-0.25, -0.2) is 4.79 Å². The van der Waals surface area contributed by atoms with Crippen LogP contribution in [-0.2, 0) is 0 Å². The third-order valence-electron chi connectivity index (χ3n) is 2.42. The second-order valence-corrected chi connectivity index (χ2v) is 4.72. The van der Waals surface area contributed by atoms with Crippen LogP contribution in [0.4, 0.5) is 0 Å². The van der Waals surface area contributed by atoms with Crippen molar-refractivity contribution in [3.05, 3.63) is 38.4 Å². The number of rotatable bonds is 1. The summed E-state index contributed by atoms with van der Waals surface area (Å²) >= 11 is 9.34. The molecule has 0 aliphatic heterocycles. The Morgan fingerprint density at radius 2 is 2.24 bits per heavy atom. The van der Waals surface area contributed by atoms with E-state index in [2.05, 4.69) is 35.6 Å². The highest BCUT2D eigenvalue weighted by molar-refractivity contribution is 9.10. The molecule has 0 fully saturated rings. The Morgan fingerprint density at radius 1 is 1.41 bits per heavy atom. The van der Waals surface area contributed by atoms with Gasteiger partial charge in [0.25, 0.3) is 0 Å². The smallest absolute Gasteiger partial charge is 0.360 e. The summed E-state index contributed by atoms with van der Waals surface area (Å²) in [5.41, 5.74) is 1.61. The molecule has 3 aromatic rings. The van der Waals surface area contributed by atoms with Crippen molar-refractivity contribution in [2.75, 3.05) is 0 Å². The van der Waals surface area contributed by atoms with Crippen molar-refractivity contribution in [2.24, 2.45) is 0 Å². The van der Waals surface area contributed by atoms with E-state index in [9.17, 15) is 4.79 Å². The molecule has 0 saturated carbocycles. The second-order valence-electron chi connectivity index (χ2n) is 3.46. The lowest BCUT2D eigenvalue weighted by molar-refractivity contribution is 0.388. The molecule has 0 spiro atoms. The Hall–Kier alpha value is -1.53. The lowest BCUT2D eigenvalue weighted by atomic mass is 10.2. The Balaban J connectivity index is 2.31. The molecule has 86 valence electrons. The Labute approximate surface area is 108 Å². The summed E-state index contributed by atoms with van der Waals surface area (Å²) < 4.78 is 5.25. The SMILES string of the molecule is O=c1[nH]c(-c2c[nH]c3cc(Cl)c(Br)cc23)no1. The molecule has 3 rings (SSSR count). The fourth-order valence-corrected chi connectivity index (χ4v) is 2.17. The van der Waals surface area contributed by atoms with Crippen LogP contribution in [-0.4, -0.2) is 15.1 Å². The first-order valence-electron chi connectivity index (χ1n) is 4.67. The summed E-state index contributed by atoms with van der Waals surface area (Å²) in [6.07, 6.45) is 1.74. The molecule has 0 unspecified atom stereocenters. The van der Waals surface area contributed by atoms with Crippen molar-refractivity contribution in [3.8, 4) is 11.4 Å². The zero-order valence-electron chi connectivity index (χ0n) is 8.25. The predicted octanol–water partition coefficient (Wildman–Crippen LogP) is 2.93. The molecule has 1 aromatic carbocycles. The van der Waals surface area contributed by atoms with Gasteiger partial charge in [0, 0.05) is 27.1 Å². The highest BCUT2D eigenvalue weighted by atomic mass is 79.9. The van der Waals surface area contributed by atoms with Crippen LogP contribution in [0.25, 0.3) is 22.3 Å². The Morgan fingerprint density at radius 3 is 2.94 bits per heavy atom. The first-order valence-corrected chi connectivity index (χ1v) is 5.85. The average molecular weight is 315 g/mol. The van der Waals surface area contributed by atoms with E-state index in [1.54, 1.807) is 12.3 Å². The van der Waals surface area contributed by atoms with Gasteiger partial charge in [-0.1, -0.05) is 16.8 Å². The van der Waals surface area contributed by atoms with E-state index in [0.717, 1.165) is 20.9 Å². The van der Waals surface area contributed by atoms with Gasteiger partial charge in [0.2, 0.25) is 0 Å². The van der Waals surface area contributed by atoms with Crippen molar-refractivity contribution < 1.29 is 4.52 Å². The lowest BCUT2D eigenvalue weighted by Crippen LogP contribution is -1.94. The van der Waals surface area contributed by atoms with E-state index in [-0.39, 0.29) is 0 Å². The second kappa shape index (κ2) is 3.75. The number of halogens is 2. The molecule has 7 heteroatoms. The van der Waals surface area contributed by atoms with Crippen LogP contribution in [0.2, 0.25) is 5.02 Å². The number of fused-ring (bicyclic) bond motifs is 1. The van der Waals surface area contributed by atoms with Gasteiger partial charge in [0.05, 0.1) is 5.02 Å².